The van der Waals surface area contributed by atoms with E-state index >= 15 is 0 Å². The molecule has 1 fully saturated rings. The van der Waals surface area contributed by atoms with Crippen LogP contribution in [0.2, 0.25) is 0 Å². The Morgan fingerprint density at radius 3 is 2.44 bits per heavy atom. The molecule has 2 aromatic carbocycles. The molecule has 1 aromatic heterocycles. The second-order valence-corrected chi connectivity index (χ2v) is 8.75. The number of aromatic hydroxyl groups is 2. The van der Waals surface area contributed by atoms with Crippen molar-refractivity contribution in [2.24, 2.45) is 0 Å². The molecule has 3 aromatic rings. The normalized spacial score (nSPS) is 13.8. The smallest absolute Gasteiger partial charge is 0.274 e. The number of rotatable bonds is 9. The summed E-state index contributed by atoms with van der Waals surface area (Å²) in [5.74, 6) is -0.804. The van der Waals surface area contributed by atoms with Gasteiger partial charge in [0.1, 0.15) is 0 Å². The quantitative estimate of drug-likeness (QED) is 0.415. The van der Waals surface area contributed by atoms with Gasteiger partial charge in [-0.1, -0.05) is 42.8 Å². The van der Waals surface area contributed by atoms with Crippen LogP contribution in [-0.4, -0.2) is 64.8 Å². The summed E-state index contributed by atoms with van der Waals surface area (Å²) in [7, 11) is 3.05. The lowest BCUT2D eigenvalue weighted by molar-refractivity contribution is 0.0941. The second kappa shape index (κ2) is 11.7. The predicted octanol–water partition coefficient (Wildman–Crippen LogP) is 3.53. The van der Waals surface area contributed by atoms with Gasteiger partial charge in [0.05, 0.1) is 14.2 Å². The number of hydrogen-bond donors (Lipinski definition) is 3. The van der Waals surface area contributed by atoms with E-state index in [1.807, 2.05) is 24.3 Å². The SMILES string of the molecule is COc1cccc(CNC(=O)c2nc(-c3ccc(CCN4CCCCC4)cc3)nc(O)c2O)c1OC. The minimum Gasteiger partial charge on any atom is -0.501 e. The van der Waals surface area contributed by atoms with Crippen molar-refractivity contribution in [3.63, 3.8) is 0 Å². The predicted molar refractivity (Wildman–Crippen MR) is 136 cm³/mol. The average molecular weight is 493 g/mol. The van der Waals surface area contributed by atoms with Crippen LogP contribution < -0.4 is 14.8 Å². The summed E-state index contributed by atoms with van der Waals surface area (Å²) in [5.41, 5.74) is 2.20. The van der Waals surface area contributed by atoms with Crippen molar-refractivity contribution in [3.8, 4) is 34.5 Å². The first-order valence-corrected chi connectivity index (χ1v) is 12.1. The Kier molecular flexibility index (Phi) is 8.22. The number of carbonyl (C=O) groups excluding carboxylic acids is 1. The summed E-state index contributed by atoms with van der Waals surface area (Å²) in [6.07, 6.45) is 4.80. The fourth-order valence-electron chi connectivity index (χ4n) is 4.37. The molecule has 0 aliphatic carbocycles. The van der Waals surface area contributed by atoms with Crippen LogP contribution in [0.15, 0.2) is 42.5 Å². The van der Waals surface area contributed by atoms with Crippen LogP contribution in [0.5, 0.6) is 23.1 Å². The second-order valence-electron chi connectivity index (χ2n) is 8.75. The molecular weight excluding hydrogens is 460 g/mol. The minimum atomic E-state index is -0.674. The number of hydrogen-bond acceptors (Lipinski definition) is 8. The summed E-state index contributed by atoms with van der Waals surface area (Å²) in [5, 5.41) is 23.2. The van der Waals surface area contributed by atoms with E-state index in [1.54, 1.807) is 18.2 Å². The highest BCUT2D eigenvalue weighted by atomic mass is 16.5. The molecule has 3 N–H and O–H groups in total. The van der Waals surface area contributed by atoms with Crippen molar-refractivity contribution in [1.29, 1.82) is 0 Å². The third kappa shape index (κ3) is 5.85. The number of methoxy groups -OCH3 is 2. The van der Waals surface area contributed by atoms with Gasteiger partial charge in [0.15, 0.2) is 23.0 Å². The zero-order valence-corrected chi connectivity index (χ0v) is 20.7. The van der Waals surface area contributed by atoms with Gasteiger partial charge in [-0.05, 0) is 44.0 Å². The molecule has 0 spiro atoms. The number of benzene rings is 2. The van der Waals surface area contributed by atoms with E-state index < -0.39 is 17.5 Å². The Labute approximate surface area is 210 Å². The molecule has 1 saturated heterocycles. The van der Waals surface area contributed by atoms with Crippen molar-refractivity contribution < 1.29 is 24.5 Å². The van der Waals surface area contributed by atoms with Gasteiger partial charge in [0.25, 0.3) is 11.8 Å². The number of amides is 1. The Bertz CT molecular complexity index is 1190. The number of likely N-dealkylation sites (tertiary alicyclic amines) is 1. The number of para-hydroxylation sites is 1. The molecule has 9 nitrogen and oxygen atoms in total. The van der Waals surface area contributed by atoms with Gasteiger partial charge >= 0.3 is 0 Å². The number of aromatic nitrogens is 2. The van der Waals surface area contributed by atoms with E-state index in [-0.39, 0.29) is 18.1 Å². The first-order valence-electron chi connectivity index (χ1n) is 12.1. The molecule has 0 saturated carbocycles. The highest BCUT2D eigenvalue weighted by molar-refractivity contribution is 5.95. The maximum atomic E-state index is 12.9. The number of piperidine rings is 1. The van der Waals surface area contributed by atoms with Crippen molar-refractivity contribution >= 4 is 5.91 Å². The van der Waals surface area contributed by atoms with Crippen LogP contribution in [0, 0.1) is 0 Å². The molecule has 0 bridgehead atoms. The standard InChI is InChI=1S/C27H32N4O5/c1-35-21-8-6-7-20(24(21)36-2)17-28-26(33)22-23(32)27(34)30-25(29-22)19-11-9-18(10-12-19)13-16-31-14-4-3-5-15-31/h6-12,32H,3-5,13-17H2,1-2H3,(H,28,33)(H,29,30,34). The number of carbonyl (C=O) groups is 1. The van der Waals surface area contributed by atoms with Gasteiger partial charge in [-0.2, -0.15) is 4.98 Å². The lowest BCUT2D eigenvalue weighted by Gasteiger charge is -2.26. The van der Waals surface area contributed by atoms with E-state index in [1.165, 1.54) is 39.0 Å². The average Bonchev–Trinajstić information content (AvgIpc) is 2.92. The number of ether oxygens (including phenoxy) is 2. The molecule has 0 unspecified atom stereocenters. The lowest BCUT2D eigenvalue weighted by Crippen LogP contribution is -2.31. The van der Waals surface area contributed by atoms with Crippen molar-refractivity contribution in [2.75, 3.05) is 33.9 Å². The van der Waals surface area contributed by atoms with Gasteiger partial charge in [-0.25, -0.2) is 4.98 Å². The van der Waals surface area contributed by atoms with Crippen LogP contribution in [0.4, 0.5) is 0 Å². The third-order valence-electron chi connectivity index (χ3n) is 6.38. The maximum Gasteiger partial charge on any atom is 0.274 e. The fraction of sp³-hybridized carbons (Fsp3) is 0.370. The van der Waals surface area contributed by atoms with E-state index in [4.69, 9.17) is 9.47 Å². The zero-order chi connectivity index (χ0) is 25.5. The highest BCUT2D eigenvalue weighted by Gasteiger charge is 2.21. The first kappa shape index (κ1) is 25.2. The molecule has 0 radical (unpaired) electrons. The van der Waals surface area contributed by atoms with Crippen LogP contribution in [0.3, 0.4) is 0 Å². The molecule has 36 heavy (non-hydrogen) atoms. The van der Waals surface area contributed by atoms with E-state index in [0.29, 0.717) is 22.6 Å². The number of nitrogens with zero attached hydrogens (tertiary/aromatic N) is 3. The van der Waals surface area contributed by atoms with Crippen molar-refractivity contribution in [2.45, 2.75) is 32.2 Å². The van der Waals surface area contributed by atoms with Crippen molar-refractivity contribution in [3.05, 3.63) is 59.3 Å². The van der Waals surface area contributed by atoms with Gasteiger partial charge in [-0.3, -0.25) is 4.79 Å². The summed E-state index contributed by atoms with van der Waals surface area (Å²) < 4.78 is 10.7. The Hall–Kier alpha value is -3.85. The molecule has 1 amide bonds. The first-order chi connectivity index (χ1) is 17.5. The van der Waals surface area contributed by atoms with Gasteiger partial charge in [0, 0.05) is 24.2 Å². The Balaban J connectivity index is 1.46. The molecule has 0 atom stereocenters. The fourth-order valence-corrected chi connectivity index (χ4v) is 4.37. The summed E-state index contributed by atoms with van der Waals surface area (Å²) >= 11 is 0. The molecule has 1 aliphatic heterocycles. The van der Waals surface area contributed by atoms with Crippen LogP contribution in [-0.2, 0) is 13.0 Å². The monoisotopic (exact) mass is 492 g/mol. The highest BCUT2D eigenvalue weighted by Crippen LogP contribution is 2.31. The molecule has 190 valence electrons. The third-order valence-corrected chi connectivity index (χ3v) is 6.38. The van der Waals surface area contributed by atoms with Crippen LogP contribution in [0.25, 0.3) is 11.4 Å². The summed E-state index contributed by atoms with van der Waals surface area (Å²) in [4.78, 5) is 23.6. The molecule has 4 rings (SSSR count). The summed E-state index contributed by atoms with van der Waals surface area (Å²) in [6.45, 7) is 3.45. The van der Waals surface area contributed by atoms with Crippen LogP contribution >= 0.6 is 0 Å². The lowest BCUT2D eigenvalue weighted by atomic mass is 10.1. The van der Waals surface area contributed by atoms with Gasteiger partial charge in [0.2, 0.25) is 5.75 Å². The maximum absolute atomic E-state index is 12.9. The van der Waals surface area contributed by atoms with E-state index in [0.717, 1.165) is 26.1 Å². The molecular formula is C27H32N4O5. The molecule has 9 heteroatoms. The minimum absolute atomic E-state index is 0.102. The van der Waals surface area contributed by atoms with Crippen LogP contribution in [0.1, 0.15) is 40.9 Å². The van der Waals surface area contributed by atoms with Gasteiger partial charge in [-0.15, -0.1) is 0 Å². The zero-order valence-electron chi connectivity index (χ0n) is 20.7. The summed E-state index contributed by atoms with van der Waals surface area (Å²) in [6, 6.07) is 13.1. The molecule has 2 heterocycles. The number of nitrogens with one attached hydrogen (secondary N) is 1. The Morgan fingerprint density at radius 1 is 1.00 bits per heavy atom. The van der Waals surface area contributed by atoms with E-state index in [2.05, 4.69) is 20.2 Å². The van der Waals surface area contributed by atoms with Crippen molar-refractivity contribution in [1.82, 2.24) is 20.2 Å². The Morgan fingerprint density at radius 2 is 1.75 bits per heavy atom. The molecule has 1 aliphatic rings. The largest absolute Gasteiger partial charge is 0.501 e. The topological polar surface area (TPSA) is 117 Å². The van der Waals surface area contributed by atoms with E-state index in [9.17, 15) is 15.0 Å². The van der Waals surface area contributed by atoms with Gasteiger partial charge < -0.3 is 29.9 Å².